The quantitative estimate of drug-likeness (QED) is 0.506. The van der Waals surface area contributed by atoms with E-state index < -0.39 is 18.1 Å². The third-order valence-electron chi connectivity index (χ3n) is 8.00. The molecule has 2 atom stereocenters. The number of esters is 1. The van der Waals surface area contributed by atoms with Crippen molar-refractivity contribution in [2.75, 3.05) is 53.0 Å². The molecule has 1 aromatic heterocycles. The van der Waals surface area contributed by atoms with E-state index in [0.29, 0.717) is 18.5 Å². The van der Waals surface area contributed by atoms with Crippen LogP contribution < -0.4 is 0 Å². The van der Waals surface area contributed by atoms with Gasteiger partial charge >= 0.3 is 5.97 Å². The lowest BCUT2D eigenvalue weighted by molar-refractivity contribution is -0.158. The number of carbonyl (C=O) groups is 3. The van der Waals surface area contributed by atoms with Crippen LogP contribution in [0.1, 0.15) is 39.6 Å². The number of benzene rings is 2. The molecule has 3 aliphatic heterocycles. The second-order valence-electron chi connectivity index (χ2n) is 10.2. The highest BCUT2D eigenvalue weighted by atomic mass is 16.5. The topological polar surface area (TPSA) is 95.2 Å². The number of H-pyrrole nitrogens is 1. The number of aromatic amines is 1. The first-order valence-electron chi connectivity index (χ1n) is 13.2. The first-order valence-corrected chi connectivity index (χ1v) is 13.2. The lowest BCUT2D eigenvalue weighted by Gasteiger charge is -2.47. The van der Waals surface area contributed by atoms with E-state index in [1.165, 1.54) is 7.11 Å². The number of para-hydroxylation sites is 1. The van der Waals surface area contributed by atoms with Gasteiger partial charge in [0.25, 0.3) is 0 Å². The Hall–Kier alpha value is -3.69. The normalized spacial score (nSPS) is 21.9. The van der Waals surface area contributed by atoms with E-state index in [1.54, 1.807) is 21.9 Å². The average molecular weight is 517 g/mol. The van der Waals surface area contributed by atoms with Crippen molar-refractivity contribution in [3.8, 4) is 0 Å². The molecule has 2 saturated heterocycles. The van der Waals surface area contributed by atoms with Crippen LogP contribution in [0.3, 0.4) is 0 Å². The van der Waals surface area contributed by atoms with E-state index in [-0.39, 0.29) is 18.4 Å². The van der Waals surface area contributed by atoms with Crippen molar-refractivity contribution < 1.29 is 23.9 Å². The largest absolute Gasteiger partial charge is 0.465 e. The zero-order valence-electron chi connectivity index (χ0n) is 21.5. The van der Waals surface area contributed by atoms with Crippen molar-refractivity contribution in [2.24, 2.45) is 0 Å². The number of aromatic nitrogens is 1. The molecule has 1 N–H and O–H groups in total. The van der Waals surface area contributed by atoms with Gasteiger partial charge in [-0.05, 0) is 35.7 Å². The monoisotopic (exact) mass is 516 g/mol. The Morgan fingerprint density at radius 1 is 1.05 bits per heavy atom. The highest BCUT2D eigenvalue weighted by Crippen LogP contribution is 2.42. The van der Waals surface area contributed by atoms with Crippen LogP contribution in [0.4, 0.5) is 0 Å². The number of rotatable bonds is 6. The molecule has 4 heterocycles. The minimum atomic E-state index is -0.573. The summed E-state index contributed by atoms with van der Waals surface area (Å²) in [6.07, 6.45) is 1.29. The minimum absolute atomic E-state index is 0.00121. The van der Waals surface area contributed by atoms with Gasteiger partial charge in [-0.2, -0.15) is 0 Å². The van der Waals surface area contributed by atoms with Crippen molar-refractivity contribution in [3.05, 3.63) is 70.9 Å². The first kappa shape index (κ1) is 24.6. The third kappa shape index (κ3) is 4.35. The number of carbonyl (C=O) groups excluding carboxylic acids is 3. The second kappa shape index (κ2) is 10.2. The number of hydrogen-bond donors (Lipinski definition) is 1. The minimum Gasteiger partial charge on any atom is -0.465 e. The number of nitrogens with zero attached hydrogens (tertiary/aromatic N) is 3. The van der Waals surface area contributed by atoms with Gasteiger partial charge in [0.15, 0.2) is 0 Å². The molecule has 0 saturated carbocycles. The fraction of sp³-hybridized carbons (Fsp3) is 0.414. The molecule has 0 radical (unpaired) electrons. The van der Waals surface area contributed by atoms with Crippen LogP contribution in [0.25, 0.3) is 10.9 Å². The molecule has 2 fully saturated rings. The summed E-state index contributed by atoms with van der Waals surface area (Å²) >= 11 is 0. The number of methoxy groups -OCH3 is 1. The zero-order valence-corrected chi connectivity index (χ0v) is 21.5. The molecule has 0 unspecified atom stereocenters. The van der Waals surface area contributed by atoms with Crippen molar-refractivity contribution in [2.45, 2.75) is 24.9 Å². The average Bonchev–Trinajstić information content (AvgIpc) is 3.33. The van der Waals surface area contributed by atoms with Crippen LogP contribution in [-0.4, -0.2) is 96.6 Å². The summed E-state index contributed by atoms with van der Waals surface area (Å²) in [6.45, 7) is 4.82. The Morgan fingerprint density at radius 3 is 2.58 bits per heavy atom. The Balaban J connectivity index is 1.32. The van der Waals surface area contributed by atoms with Crippen LogP contribution >= 0.6 is 0 Å². The summed E-state index contributed by atoms with van der Waals surface area (Å²) in [5.74, 6) is -0.479. The molecule has 9 nitrogen and oxygen atoms in total. The number of morpholine rings is 1. The molecule has 3 aliphatic rings. The molecule has 2 aromatic carbocycles. The van der Waals surface area contributed by atoms with E-state index in [1.807, 2.05) is 30.3 Å². The van der Waals surface area contributed by atoms with Gasteiger partial charge in [0.1, 0.15) is 6.04 Å². The molecule has 0 aliphatic carbocycles. The highest BCUT2D eigenvalue weighted by Gasteiger charge is 2.48. The van der Waals surface area contributed by atoms with Crippen molar-refractivity contribution in [1.82, 2.24) is 19.7 Å². The van der Waals surface area contributed by atoms with Crippen LogP contribution in [0.5, 0.6) is 0 Å². The summed E-state index contributed by atoms with van der Waals surface area (Å²) in [6, 6.07) is 14.1. The predicted molar refractivity (Wildman–Crippen MR) is 141 cm³/mol. The maximum atomic E-state index is 13.8. The molecule has 9 heteroatoms. The van der Waals surface area contributed by atoms with Gasteiger partial charge in [-0.15, -0.1) is 0 Å². The maximum absolute atomic E-state index is 13.8. The van der Waals surface area contributed by atoms with Crippen LogP contribution in [0, 0.1) is 0 Å². The maximum Gasteiger partial charge on any atom is 0.337 e. The van der Waals surface area contributed by atoms with Crippen molar-refractivity contribution in [3.63, 3.8) is 0 Å². The summed E-state index contributed by atoms with van der Waals surface area (Å²) in [7, 11) is 1.35. The summed E-state index contributed by atoms with van der Waals surface area (Å²) < 4.78 is 10.3. The van der Waals surface area contributed by atoms with Crippen LogP contribution in [0.15, 0.2) is 48.5 Å². The first-order chi connectivity index (χ1) is 18.5. The predicted octanol–water partition coefficient (Wildman–Crippen LogP) is 2.36. The van der Waals surface area contributed by atoms with E-state index in [4.69, 9.17) is 9.47 Å². The number of amides is 2. The number of ether oxygens (including phenoxy) is 2. The van der Waals surface area contributed by atoms with E-state index >= 15 is 0 Å². The van der Waals surface area contributed by atoms with Gasteiger partial charge in [0.05, 0.1) is 38.5 Å². The lowest BCUT2D eigenvalue weighted by atomic mass is 9.86. The molecule has 2 amide bonds. The van der Waals surface area contributed by atoms with Gasteiger partial charge in [-0.25, -0.2) is 4.79 Å². The summed E-state index contributed by atoms with van der Waals surface area (Å²) in [4.78, 5) is 48.9. The summed E-state index contributed by atoms with van der Waals surface area (Å²) in [5.41, 5.74) is 4.26. The summed E-state index contributed by atoms with van der Waals surface area (Å²) in [5, 5.41) is 1.07. The lowest BCUT2D eigenvalue weighted by Crippen LogP contribution is -2.63. The van der Waals surface area contributed by atoms with Crippen molar-refractivity contribution >= 4 is 28.7 Å². The molecular formula is C29H32N4O5. The van der Waals surface area contributed by atoms with Crippen LogP contribution in [-0.2, 0) is 25.5 Å². The van der Waals surface area contributed by atoms with Gasteiger partial charge in [0.2, 0.25) is 11.8 Å². The van der Waals surface area contributed by atoms with E-state index in [2.05, 4.69) is 16.0 Å². The Kier molecular flexibility index (Phi) is 6.63. The number of fused-ring (bicyclic) bond motifs is 4. The fourth-order valence-electron chi connectivity index (χ4n) is 6.09. The molecule has 6 rings (SSSR count). The Labute approximate surface area is 221 Å². The fourth-order valence-corrected chi connectivity index (χ4v) is 6.09. The third-order valence-corrected chi connectivity index (χ3v) is 8.00. The SMILES string of the molecule is COC(=O)c1ccc([C@@H]2c3[nH]c4ccccc4c3C[C@H]3C(=O)N(CCCN4CCOCC4)CC(=O)N23)cc1. The number of nitrogens with one attached hydrogen (secondary N) is 1. The highest BCUT2D eigenvalue weighted by molar-refractivity contribution is 5.97. The molecule has 38 heavy (non-hydrogen) atoms. The molecule has 0 bridgehead atoms. The van der Waals surface area contributed by atoms with Gasteiger partial charge in [-0.3, -0.25) is 14.5 Å². The Bertz CT molecular complexity index is 1360. The molecule has 198 valence electrons. The number of hydrogen-bond acceptors (Lipinski definition) is 6. The van der Waals surface area contributed by atoms with Gasteiger partial charge in [0, 0.05) is 49.2 Å². The van der Waals surface area contributed by atoms with Crippen LogP contribution in [0.2, 0.25) is 0 Å². The molecular weight excluding hydrogens is 484 g/mol. The smallest absolute Gasteiger partial charge is 0.337 e. The molecule has 0 spiro atoms. The second-order valence-corrected chi connectivity index (χ2v) is 10.2. The van der Waals surface area contributed by atoms with E-state index in [9.17, 15) is 14.4 Å². The van der Waals surface area contributed by atoms with Crippen molar-refractivity contribution in [1.29, 1.82) is 0 Å². The van der Waals surface area contributed by atoms with E-state index in [0.717, 1.165) is 67.0 Å². The zero-order chi connectivity index (χ0) is 26.2. The molecule has 3 aromatic rings. The van der Waals surface area contributed by atoms with Gasteiger partial charge in [-0.1, -0.05) is 30.3 Å². The number of piperazine rings is 1. The van der Waals surface area contributed by atoms with Gasteiger partial charge < -0.3 is 24.3 Å². The standard InChI is InChI=1S/C29H32N4O5/c1-37-29(36)20-9-7-19(8-10-20)27-26-22(21-5-2-3-6-23(21)30-26)17-24-28(35)32(18-25(34)33(24)27)12-4-11-31-13-15-38-16-14-31/h2-3,5-10,24,27,30H,4,11-18H2,1H3/t24-,27+/m0/s1. The Morgan fingerprint density at radius 2 is 1.82 bits per heavy atom.